The van der Waals surface area contributed by atoms with Crippen molar-refractivity contribution in [3.8, 4) is 16.9 Å². The molecular formula is C28H31FN6O. The highest BCUT2D eigenvalue weighted by molar-refractivity contribution is 5.96. The third-order valence-corrected chi connectivity index (χ3v) is 7.38. The molecule has 1 N–H and O–H groups in total. The number of carbonyl (C=O) groups is 1. The van der Waals surface area contributed by atoms with Crippen molar-refractivity contribution in [1.82, 2.24) is 29.4 Å². The number of hydrogen-bond acceptors (Lipinski definition) is 4. The number of amides is 1. The highest BCUT2D eigenvalue weighted by atomic mass is 19.1. The molecule has 4 aromatic rings. The highest BCUT2D eigenvalue weighted by Crippen LogP contribution is 2.39. The van der Waals surface area contributed by atoms with Crippen LogP contribution in [0.2, 0.25) is 0 Å². The van der Waals surface area contributed by atoms with Gasteiger partial charge in [-0.2, -0.15) is 5.10 Å². The van der Waals surface area contributed by atoms with Crippen LogP contribution in [0, 0.1) is 12.7 Å². The second kappa shape index (κ2) is 8.85. The van der Waals surface area contributed by atoms with E-state index >= 15 is 0 Å². The molecule has 3 heterocycles. The zero-order valence-corrected chi connectivity index (χ0v) is 21.0. The summed E-state index contributed by atoms with van der Waals surface area (Å²) in [7, 11) is 4.18. The third-order valence-electron chi connectivity index (χ3n) is 7.38. The lowest BCUT2D eigenvalue weighted by Gasteiger charge is -2.29. The van der Waals surface area contributed by atoms with E-state index in [0.717, 1.165) is 47.5 Å². The summed E-state index contributed by atoms with van der Waals surface area (Å²) in [5, 5.41) is 7.49. The van der Waals surface area contributed by atoms with Crippen LogP contribution in [-0.4, -0.2) is 50.1 Å². The van der Waals surface area contributed by atoms with Gasteiger partial charge in [-0.25, -0.2) is 14.1 Å². The summed E-state index contributed by atoms with van der Waals surface area (Å²) in [6.07, 6.45) is 13.4. The Balaban J connectivity index is 1.37. The van der Waals surface area contributed by atoms with Gasteiger partial charge in [0, 0.05) is 30.5 Å². The van der Waals surface area contributed by atoms with Crippen molar-refractivity contribution in [2.45, 2.75) is 57.5 Å². The third kappa shape index (κ3) is 4.19. The average molecular weight is 487 g/mol. The first-order valence-electron chi connectivity index (χ1n) is 12.7. The van der Waals surface area contributed by atoms with Crippen LogP contribution in [-0.2, 0) is 6.54 Å². The molecule has 36 heavy (non-hydrogen) atoms. The maximum absolute atomic E-state index is 14.6. The second-order valence-corrected chi connectivity index (χ2v) is 10.5. The van der Waals surface area contributed by atoms with Gasteiger partial charge >= 0.3 is 0 Å². The number of fused-ring (bicyclic) bond motifs is 1. The number of aromatic nitrogens is 4. The topological polar surface area (TPSA) is 67.5 Å². The zero-order chi connectivity index (χ0) is 25.0. The quantitative estimate of drug-likeness (QED) is 0.405. The number of rotatable bonds is 7. The fourth-order valence-electron chi connectivity index (χ4n) is 5.04. The van der Waals surface area contributed by atoms with Crippen molar-refractivity contribution in [3.63, 3.8) is 0 Å². The van der Waals surface area contributed by atoms with Gasteiger partial charge in [-0.3, -0.25) is 9.20 Å². The molecule has 6 rings (SSSR count). The number of carbonyl (C=O) groups excluding carboxylic acids is 1. The molecule has 0 atom stereocenters. The first-order valence-corrected chi connectivity index (χ1v) is 12.7. The Labute approximate surface area is 209 Å². The van der Waals surface area contributed by atoms with Crippen LogP contribution >= 0.6 is 0 Å². The Bertz CT molecular complexity index is 1460. The number of nitrogens with zero attached hydrogens (tertiary/aromatic N) is 5. The maximum atomic E-state index is 14.6. The van der Waals surface area contributed by atoms with Crippen LogP contribution in [0.25, 0.3) is 22.6 Å². The summed E-state index contributed by atoms with van der Waals surface area (Å²) in [6, 6.07) is 5.46. The second-order valence-electron chi connectivity index (χ2n) is 10.5. The van der Waals surface area contributed by atoms with E-state index in [1.54, 1.807) is 16.9 Å². The van der Waals surface area contributed by atoms with Crippen LogP contribution in [0.5, 0.6) is 0 Å². The molecule has 0 saturated heterocycles. The molecule has 0 bridgehead atoms. The minimum Gasteiger partial charge on any atom is -0.349 e. The van der Waals surface area contributed by atoms with Crippen LogP contribution in [0.3, 0.4) is 0 Å². The van der Waals surface area contributed by atoms with Gasteiger partial charge in [0.1, 0.15) is 11.5 Å². The van der Waals surface area contributed by atoms with Gasteiger partial charge < -0.3 is 10.2 Å². The minimum absolute atomic E-state index is 0.0712. The summed E-state index contributed by atoms with van der Waals surface area (Å²) in [4.78, 5) is 19.5. The van der Waals surface area contributed by atoms with Crippen molar-refractivity contribution >= 4 is 11.6 Å². The average Bonchev–Trinajstić information content (AvgIpc) is 3.31. The Kier molecular flexibility index (Phi) is 5.63. The molecule has 0 aliphatic heterocycles. The summed E-state index contributed by atoms with van der Waals surface area (Å²) < 4.78 is 18.5. The van der Waals surface area contributed by atoms with Gasteiger partial charge in [-0.15, -0.1) is 0 Å². The smallest absolute Gasteiger partial charge is 0.254 e. The number of hydrogen-bond donors (Lipinski definition) is 1. The molecule has 0 radical (unpaired) electrons. The largest absolute Gasteiger partial charge is 0.349 e. The number of benzene rings is 1. The summed E-state index contributed by atoms with van der Waals surface area (Å²) in [5.74, 6) is 0.595. The van der Waals surface area contributed by atoms with E-state index in [1.807, 2.05) is 19.3 Å². The lowest BCUT2D eigenvalue weighted by Crippen LogP contribution is -2.26. The van der Waals surface area contributed by atoms with Gasteiger partial charge in [0.25, 0.3) is 5.91 Å². The Morgan fingerprint density at radius 2 is 1.94 bits per heavy atom. The normalized spacial score (nSPS) is 16.0. The first kappa shape index (κ1) is 22.9. The van der Waals surface area contributed by atoms with Crippen molar-refractivity contribution in [3.05, 3.63) is 71.1 Å². The zero-order valence-electron chi connectivity index (χ0n) is 21.0. The van der Waals surface area contributed by atoms with E-state index in [1.165, 1.54) is 36.5 Å². The molecule has 8 heteroatoms. The number of nitrogens with one attached hydrogen (secondary N) is 1. The minimum atomic E-state index is -0.501. The molecule has 3 aromatic heterocycles. The lowest BCUT2D eigenvalue weighted by molar-refractivity contribution is 0.0947. The molecule has 186 valence electrons. The van der Waals surface area contributed by atoms with E-state index in [4.69, 9.17) is 0 Å². The molecule has 2 saturated carbocycles. The van der Waals surface area contributed by atoms with E-state index < -0.39 is 5.82 Å². The fraction of sp³-hybridized carbons (Fsp3) is 0.393. The molecule has 2 aliphatic carbocycles. The van der Waals surface area contributed by atoms with Crippen molar-refractivity contribution in [2.75, 3.05) is 14.1 Å². The molecule has 2 aliphatic rings. The molecule has 7 nitrogen and oxygen atoms in total. The standard InChI is InChI=1S/C28H31FN6O/c1-17-9-25(29)24(28(36)32-21-7-8-21)10-22(17)19-12-31-35(16-19)27-13-30-26-11-23(18-5-4-6-18)20(14-33(2)3)15-34(26)27/h9-13,15-16,18,21H,4-8,14H2,1-3H3,(H,32,36). The van der Waals surface area contributed by atoms with Crippen LogP contribution < -0.4 is 5.32 Å². The molecule has 1 amide bonds. The molecule has 1 aromatic carbocycles. The first-order chi connectivity index (χ1) is 17.4. The Morgan fingerprint density at radius 3 is 2.64 bits per heavy atom. The van der Waals surface area contributed by atoms with Gasteiger partial charge in [0.2, 0.25) is 0 Å². The van der Waals surface area contributed by atoms with Gasteiger partial charge in [-0.05, 0) is 93.1 Å². The summed E-state index contributed by atoms with van der Waals surface area (Å²) in [5.41, 5.74) is 6.06. The highest BCUT2D eigenvalue weighted by Gasteiger charge is 2.26. The monoisotopic (exact) mass is 486 g/mol. The van der Waals surface area contributed by atoms with Crippen LogP contribution in [0.15, 0.2) is 43.0 Å². The number of halogens is 1. The van der Waals surface area contributed by atoms with E-state index in [0.29, 0.717) is 5.92 Å². The predicted octanol–water partition coefficient (Wildman–Crippen LogP) is 4.86. The van der Waals surface area contributed by atoms with Crippen LogP contribution in [0.4, 0.5) is 4.39 Å². The maximum Gasteiger partial charge on any atom is 0.254 e. The predicted molar refractivity (Wildman–Crippen MR) is 137 cm³/mol. The van der Waals surface area contributed by atoms with Gasteiger partial charge in [-0.1, -0.05) is 6.42 Å². The van der Waals surface area contributed by atoms with Crippen molar-refractivity contribution in [1.29, 1.82) is 0 Å². The molecule has 0 unspecified atom stereocenters. The summed E-state index contributed by atoms with van der Waals surface area (Å²) in [6.45, 7) is 2.71. The number of aryl methyl sites for hydroxylation is 1. The molecular weight excluding hydrogens is 455 g/mol. The SMILES string of the molecule is Cc1cc(F)c(C(=O)NC2CC2)cc1-c1cnn(-c2cnc3cc(C4CCC4)c(CN(C)C)cn23)c1. The van der Waals surface area contributed by atoms with E-state index in [9.17, 15) is 9.18 Å². The van der Waals surface area contributed by atoms with Crippen molar-refractivity contribution in [2.24, 2.45) is 0 Å². The van der Waals surface area contributed by atoms with Crippen LogP contribution in [0.1, 0.15) is 65.1 Å². The van der Waals surface area contributed by atoms with E-state index in [2.05, 4.69) is 51.1 Å². The Morgan fingerprint density at radius 1 is 1.14 bits per heavy atom. The fourth-order valence-corrected chi connectivity index (χ4v) is 5.04. The van der Waals surface area contributed by atoms with Gasteiger partial charge in [0.15, 0.2) is 5.82 Å². The summed E-state index contributed by atoms with van der Waals surface area (Å²) >= 11 is 0. The molecule has 2 fully saturated rings. The van der Waals surface area contributed by atoms with E-state index in [-0.39, 0.29) is 17.5 Å². The Hall–Kier alpha value is -3.52. The lowest BCUT2D eigenvalue weighted by atomic mass is 9.78. The van der Waals surface area contributed by atoms with Gasteiger partial charge in [0.05, 0.1) is 18.0 Å². The van der Waals surface area contributed by atoms with Crippen molar-refractivity contribution < 1.29 is 9.18 Å². The number of pyridine rings is 1. The number of imidazole rings is 1. The molecule has 0 spiro atoms.